The quantitative estimate of drug-likeness (QED) is 0.0169. The van der Waals surface area contributed by atoms with Crippen molar-refractivity contribution in [2.24, 2.45) is 5.92 Å². The average Bonchev–Trinajstić information content (AvgIpc) is 3.67. The highest BCUT2D eigenvalue weighted by molar-refractivity contribution is 7.47. The molecule has 0 rings (SSSR count). The molecule has 0 radical (unpaired) electrons. The second kappa shape index (κ2) is 62.5. The van der Waals surface area contributed by atoms with E-state index in [1.54, 1.807) is 0 Å². The summed E-state index contributed by atoms with van der Waals surface area (Å²) in [4.78, 5) is 72.3. The molecule has 2 unspecified atom stereocenters. The molecule has 0 saturated heterocycles. The van der Waals surface area contributed by atoms with Crippen LogP contribution in [-0.2, 0) is 65.4 Å². The number of allylic oxidation sites excluding steroid dienone is 8. The van der Waals surface area contributed by atoms with Crippen molar-refractivity contribution < 1.29 is 80.2 Å². The van der Waals surface area contributed by atoms with Gasteiger partial charge in [-0.25, -0.2) is 9.13 Å². The van der Waals surface area contributed by atoms with E-state index < -0.39 is 97.5 Å². The smallest absolute Gasteiger partial charge is 0.462 e. The fourth-order valence-corrected chi connectivity index (χ4v) is 11.1. The number of unbranched alkanes of at least 4 members (excludes halogenated alkanes) is 32. The molecule has 0 bridgehead atoms. The van der Waals surface area contributed by atoms with Crippen LogP contribution in [0.1, 0.15) is 311 Å². The molecular formula is C70H128O17P2. The fourth-order valence-electron chi connectivity index (χ4n) is 9.56. The number of carbonyl (C=O) groups excluding carboxylic acids is 4. The zero-order valence-corrected chi connectivity index (χ0v) is 58.3. The van der Waals surface area contributed by atoms with E-state index in [0.29, 0.717) is 25.7 Å². The molecule has 3 N–H and O–H groups in total. The van der Waals surface area contributed by atoms with Crippen LogP contribution in [0.5, 0.6) is 0 Å². The average molecular weight is 1300 g/mol. The van der Waals surface area contributed by atoms with Crippen LogP contribution in [0.3, 0.4) is 0 Å². The Bertz CT molecular complexity index is 1910. The third-order valence-corrected chi connectivity index (χ3v) is 16.9. The molecule has 0 amide bonds. The van der Waals surface area contributed by atoms with E-state index in [4.69, 9.17) is 37.0 Å². The molecule has 0 aliphatic heterocycles. The Morgan fingerprint density at radius 3 is 0.921 bits per heavy atom. The Kier molecular flexibility index (Phi) is 60.4. The molecule has 0 aliphatic rings. The van der Waals surface area contributed by atoms with E-state index in [9.17, 15) is 43.2 Å². The summed E-state index contributed by atoms with van der Waals surface area (Å²) in [5.41, 5.74) is 0. The summed E-state index contributed by atoms with van der Waals surface area (Å²) in [6.07, 6.45) is 54.5. The van der Waals surface area contributed by atoms with Crippen molar-refractivity contribution in [1.82, 2.24) is 0 Å². The number of hydrogen-bond acceptors (Lipinski definition) is 15. The lowest BCUT2D eigenvalue weighted by Gasteiger charge is -2.21. The van der Waals surface area contributed by atoms with Crippen molar-refractivity contribution in [3.8, 4) is 0 Å². The zero-order chi connectivity index (χ0) is 65.6. The first kappa shape index (κ1) is 86.0. The molecule has 0 spiro atoms. The van der Waals surface area contributed by atoms with Gasteiger partial charge in [-0.05, 0) is 83.0 Å². The molecule has 19 heteroatoms. The largest absolute Gasteiger partial charge is 0.472 e. The fraction of sp³-hybridized carbons (Fsp3) is 0.829. The van der Waals surface area contributed by atoms with E-state index in [-0.39, 0.29) is 25.7 Å². The van der Waals surface area contributed by atoms with Gasteiger partial charge in [0.05, 0.1) is 26.4 Å². The van der Waals surface area contributed by atoms with Crippen molar-refractivity contribution in [2.75, 3.05) is 39.6 Å². The lowest BCUT2D eigenvalue weighted by atomic mass is 10.0. The summed E-state index contributed by atoms with van der Waals surface area (Å²) in [5.74, 6) is -1.46. The minimum Gasteiger partial charge on any atom is -0.462 e. The molecule has 0 aliphatic carbocycles. The first-order valence-corrected chi connectivity index (χ1v) is 38.3. The standard InChI is InChI=1S/C70H128O17P2/c1-6-9-12-15-18-20-22-24-26-28-30-34-39-44-49-54-68(73)81-60-66(87-69(74)55-50-45-40-35-31-29-27-25-23-21-19-16-13-10-7-2)62-85-89(78,79)83-58-64(71)57-82-88(76,77)84-61-65(59-80-67(72)53-48-43-37-17-14-11-8-3)86-70(75)56-51-46-41-36-32-33-38-42-47-52-63(4)5/h20-27,63-66,71H,6-19,28-62H2,1-5H3,(H,76,77)(H,78,79)/b22-20-,23-21-,26-24-,27-25-/t64-,65+,66+/m0/s1. The van der Waals surface area contributed by atoms with E-state index in [0.717, 1.165) is 141 Å². The molecule has 0 aromatic heterocycles. The second-order valence-electron chi connectivity index (χ2n) is 24.4. The SMILES string of the molecule is CCCCCC/C=C\C=C/CCCCCCCC(=O)OC[C@H](COP(=O)(O)OC[C@@H](O)COP(=O)(O)OC[C@@H](COC(=O)CCCCCCCCC)OC(=O)CCCCCCCCCCCC(C)C)OC(=O)CCCCCCC/C=C\C=C/CCCCCC. The second-order valence-corrected chi connectivity index (χ2v) is 27.3. The van der Waals surface area contributed by atoms with Gasteiger partial charge in [-0.15, -0.1) is 0 Å². The number of ether oxygens (including phenoxy) is 4. The van der Waals surface area contributed by atoms with Crippen LogP contribution >= 0.6 is 15.6 Å². The van der Waals surface area contributed by atoms with Crippen LogP contribution < -0.4 is 0 Å². The van der Waals surface area contributed by atoms with Gasteiger partial charge in [-0.1, -0.05) is 257 Å². The maximum Gasteiger partial charge on any atom is 0.472 e. The van der Waals surface area contributed by atoms with Gasteiger partial charge in [0.25, 0.3) is 0 Å². The summed E-state index contributed by atoms with van der Waals surface area (Å²) in [5, 5.41) is 10.6. The number of esters is 4. The number of phosphoric acid groups is 2. The summed E-state index contributed by atoms with van der Waals surface area (Å²) in [6, 6.07) is 0. The van der Waals surface area contributed by atoms with Gasteiger partial charge < -0.3 is 33.8 Å². The summed E-state index contributed by atoms with van der Waals surface area (Å²) in [7, 11) is -9.92. The minimum absolute atomic E-state index is 0.0781. The Hall–Kier alpha value is -2.98. The Labute approximate surface area is 540 Å². The number of carbonyl (C=O) groups is 4. The molecule has 5 atom stereocenters. The molecule has 17 nitrogen and oxygen atoms in total. The molecule has 0 heterocycles. The Balaban J connectivity index is 5.29. The minimum atomic E-state index is -4.97. The van der Waals surface area contributed by atoms with Crippen LogP contribution in [0.4, 0.5) is 0 Å². The number of hydrogen-bond donors (Lipinski definition) is 3. The van der Waals surface area contributed by atoms with Crippen LogP contribution in [0, 0.1) is 5.92 Å². The number of aliphatic hydroxyl groups is 1. The lowest BCUT2D eigenvalue weighted by Crippen LogP contribution is -2.30. The molecule has 89 heavy (non-hydrogen) atoms. The molecule has 0 aromatic rings. The van der Waals surface area contributed by atoms with Gasteiger partial charge in [-0.3, -0.25) is 37.3 Å². The van der Waals surface area contributed by atoms with Crippen LogP contribution in [0.2, 0.25) is 0 Å². The number of rotatable bonds is 66. The third kappa shape index (κ3) is 63.6. The van der Waals surface area contributed by atoms with Crippen molar-refractivity contribution in [1.29, 1.82) is 0 Å². The van der Waals surface area contributed by atoms with Crippen molar-refractivity contribution in [2.45, 2.75) is 329 Å². The lowest BCUT2D eigenvalue weighted by molar-refractivity contribution is -0.161. The van der Waals surface area contributed by atoms with Crippen molar-refractivity contribution >= 4 is 39.5 Å². The molecule has 0 fully saturated rings. The van der Waals surface area contributed by atoms with Gasteiger partial charge >= 0.3 is 39.5 Å². The van der Waals surface area contributed by atoms with Crippen LogP contribution in [0.25, 0.3) is 0 Å². The van der Waals surface area contributed by atoms with Gasteiger partial charge in [0, 0.05) is 25.7 Å². The van der Waals surface area contributed by atoms with Crippen LogP contribution in [-0.4, -0.2) is 96.7 Å². The van der Waals surface area contributed by atoms with E-state index in [1.807, 2.05) is 0 Å². The first-order chi connectivity index (χ1) is 43.0. The monoisotopic (exact) mass is 1300 g/mol. The zero-order valence-electron chi connectivity index (χ0n) is 56.5. The maximum absolute atomic E-state index is 13.0. The molecule has 0 aromatic carbocycles. The van der Waals surface area contributed by atoms with Gasteiger partial charge in [0.1, 0.15) is 19.3 Å². The van der Waals surface area contributed by atoms with Gasteiger partial charge in [-0.2, -0.15) is 0 Å². The van der Waals surface area contributed by atoms with Crippen molar-refractivity contribution in [3.05, 3.63) is 48.6 Å². The predicted molar refractivity (Wildman–Crippen MR) is 358 cm³/mol. The normalized spacial score (nSPS) is 14.4. The topological polar surface area (TPSA) is 237 Å². The maximum atomic E-state index is 13.0. The first-order valence-electron chi connectivity index (χ1n) is 35.3. The summed E-state index contributed by atoms with van der Waals surface area (Å²) < 4.78 is 68.1. The molecular weight excluding hydrogens is 1170 g/mol. The molecule has 520 valence electrons. The summed E-state index contributed by atoms with van der Waals surface area (Å²) in [6.45, 7) is 7.04. The third-order valence-electron chi connectivity index (χ3n) is 15.0. The van der Waals surface area contributed by atoms with E-state index >= 15 is 0 Å². The Morgan fingerprint density at radius 1 is 0.348 bits per heavy atom. The number of aliphatic hydroxyl groups excluding tert-OH is 1. The van der Waals surface area contributed by atoms with E-state index in [1.165, 1.54) is 89.9 Å². The van der Waals surface area contributed by atoms with E-state index in [2.05, 4.69) is 83.2 Å². The molecule has 0 saturated carbocycles. The van der Waals surface area contributed by atoms with Gasteiger partial charge in [0.15, 0.2) is 12.2 Å². The highest BCUT2D eigenvalue weighted by Crippen LogP contribution is 2.45. The van der Waals surface area contributed by atoms with Gasteiger partial charge in [0.2, 0.25) is 0 Å². The van der Waals surface area contributed by atoms with Crippen LogP contribution in [0.15, 0.2) is 48.6 Å². The summed E-state index contributed by atoms with van der Waals surface area (Å²) >= 11 is 0. The van der Waals surface area contributed by atoms with Crippen molar-refractivity contribution in [3.63, 3.8) is 0 Å². The highest BCUT2D eigenvalue weighted by Gasteiger charge is 2.30. The predicted octanol–water partition coefficient (Wildman–Crippen LogP) is 19.2. The number of phosphoric ester groups is 2. The Morgan fingerprint density at radius 2 is 0.607 bits per heavy atom. The highest BCUT2D eigenvalue weighted by atomic mass is 31.2.